The number of hydrogen-bond acceptors (Lipinski definition) is 8. The fourth-order valence-electron chi connectivity index (χ4n) is 7.26. The lowest BCUT2D eigenvalue weighted by molar-refractivity contribution is -0.142. The number of benzene rings is 1. The van der Waals surface area contributed by atoms with Crippen LogP contribution < -0.4 is 20.9 Å². The quantitative estimate of drug-likeness (QED) is 0.362. The minimum Gasteiger partial charge on any atom is -0.339 e. The summed E-state index contributed by atoms with van der Waals surface area (Å²) >= 11 is 0. The van der Waals surface area contributed by atoms with Gasteiger partial charge in [0.1, 0.15) is 17.6 Å². The average Bonchev–Trinajstić information content (AvgIpc) is 4.04. The van der Waals surface area contributed by atoms with E-state index >= 15 is 0 Å². The van der Waals surface area contributed by atoms with E-state index in [4.69, 9.17) is 0 Å². The van der Waals surface area contributed by atoms with Gasteiger partial charge in [-0.3, -0.25) is 23.9 Å². The zero-order valence-electron chi connectivity index (χ0n) is 30.7. The van der Waals surface area contributed by atoms with Crippen LogP contribution in [-0.4, -0.2) is 94.8 Å². The molecule has 4 aliphatic rings. The predicted molar refractivity (Wildman–Crippen MR) is 199 cm³/mol. The normalized spacial score (nSPS) is 27.3. The highest BCUT2D eigenvalue weighted by Gasteiger charge is 2.62. The summed E-state index contributed by atoms with van der Waals surface area (Å²) < 4.78 is 28.9. The van der Waals surface area contributed by atoms with E-state index in [2.05, 4.69) is 27.0 Å². The molecule has 2 saturated carbocycles. The Bertz CT molecular complexity index is 1990. The molecule has 1 aromatic heterocycles. The first-order chi connectivity index (χ1) is 25.1. The highest BCUT2D eigenvalue weighted by atomic mass is 32.2. The third-order valence-corrected chi connectivity index (χ3v) is 12.6. The Morgan fingerprint density at radius 3 is 2.42 bits per heavy atom. The number of allylic oxidation sites excluding steroid dienone is 1. The number of nitrogens with zero attached hydrogens (tertiary/aromatic N) is 4. The van der Waals surface area contributed by atoms with E-state index < -0.39 is 74.0 Å². The number of sulfonamides is 1. The van der Waals surface area contributed by atoms with Gasteiger partial charge in [-0.15, -0.1) is 6.58 Å². The number of hydrogen-bond donors (Lipinski definition) is 3. The predicted octanol–water partition coefficient (Wildman–Crippen LogP) is 2.67. The molecule has 15 heteroatoms. The molecule has 53 heavy (non-hydrogen) atoms. The van der Waals surface area contributed by atoms with Crippen molar-refractivity contribution >= 4 is 33.8 Å². The van der Waals surface area contributed by atoms with Gasteiger partial charge in [0, 0.05) is 43.6 Å². The van der Waals surface area contributed by atoms with E-state index in [0.29, 0.717) is 49.8 Å². The topological polar surface area (TPSA) is 180 Å². The molecule has 4 bridgehead atoms. The van der Waals surface area contributed by atoms with E-state index in [1.807, 2.05) is 63.3 Å². The van der Waals surface area contributed by atoms with Crippen LogP contribution in [-0.2, 0) is 30.8 Å². The molecule has 14 nitrogen and oxygen atoms in total. The number of carbonyl (C=O) groups is 4. The fraction of sp³-hybridized carbons (Fsp3) is 0.526. The third kappa shape index (κ3) is 7.80. The van der Waals surface area contributed by atoms with E-state index in [9.17, 15) is 32.4 Å². The Labute approximate surface area is 310 Å². The Morgan fingerprint density at radius 1 is 1.08 bits per heavy atom. The lowest BCUT2D eigenvalue weighted by atomic mass is 9.85. The third-order valence-electron chi connectivity index (χ3n) is 10.7. The maximum Gasteiger partial charge on any atom is 0.317 e. The maximum atomic E-state index is 14.6. The van der Waals surface area contributed by atoms with Gasteiger partial charge in [-0.25, -0.2) is 17.9 Å². The largest absolute Gasteiger partial charge is 0.339 e. The smallest absolute Gasteiger partial charge is 0.317 e. The molecule has 284 valence electrons. The highest BCUT2D eigenvalue weighted by molar-refractivity contribution is 7.91. The number of carbonyl (C=O) groups excluding carboxylic acids is 4. The standard InChI is InChI=1S/C38H49N7O7S/c1-6-25-21-38(25,35(49)42-53(51,52)27-17-18-27)41-32(46)30-20-26-23-44(30)34(48)31(37(2,3)4)40-36(50)43(5)19-13-8-7-12-16-28-29(22-39-45(26)33(28)47)24-14-10-9-11-15-24/h6-11,14-15,22,25-27,30-31H,1,12-13,16-21,23H2,2-5H3,(H,40,50)(H,41,46)(H,42,49)/b8-7+/t25-,26?,30+,31-,38?/m1/s1. The summed E-state index contributed by atoms with van der Waals surface area (Å²) in [5, 5.41) is 9.62. The van der Waals surface area contributed by atoms with Crippen LogP contribution in [0.25, 0.3) is 11.1 Å². The average molecular weight is 748 g/mol. The SMILES string of the molecule is C=C[C@@H]1CC1(NC(=O)[C@@H]1CC2CN1C(=O)[C@H](C(C)(C)C)NC(=O)N(C)CC/C=C/CCc1c(-c3ccccc3)cnn2c1=O)C(=O)NS(=O)(=O)C1CC1. The first kappa shape index (κ1) is 38.0. The molecule has 2 aliphatic heterocycles. The second-order valence-corrected chi connectivity index (χ2v) is 17.7. The van der Waals surface area contributed by atoms with Crippen molar-refractivity contribution < 1.29 is 27.6 Å². The zero-order valence-corrected chi connectivity index (χ0v) is 31.5. The highest BCUT2D eigenvalue weighted by Crippen LogP contribution is 2.46. The molecular weight excluding hydrogens is 699 g/mol. The minimum absolute atomic E-state index is 0.0178. The van der Waals surface area contributed by atoms with Gasteiger partial charge >= 0.3 is 6.03 Å². The van der Waals surface area contributed by atoms with Crippen LogP contribution >= 0.6 is 0 Å². The van der Waals surface area contributed by atoms with Gasteiger partial charge in [0.05, 0.1) is 17.5 Å². The number of aromatic nitrogens is 2. The molecule has 0 spiro atoms. The van der Waals surface area contributed by atoms with E-state index in [-0.39, 0.29) is 24.9 Å². The Balaban J connectivity index is 1.40. The molecular formula is C38H49N7O7S. The molecule has 3 fully saturated rings. The molecule has 2 aliphatic carbocycles. The number of urea groups is 1. The minimum atomic E-state index is -3.91. The summed E-state index contributed by atoms with van der Waals surface area (Å²) in [5.74, 6) is -2.61. The summed E-state index contributed by atoms with van der Waals surface area (Å²) in [6.45, 7) is 9.50. The number of fused-ring (bicyclic) bond motifs is 5. The lowest BCUT2D eigenvalue weighted by Crippen LogP contribution is -2.61. The first-order valence-electron chi connectivity index (χ1n) is 18.2. The molecule has 3 N–H and O–H groups in total. The maximum absolute atomic E-state index is 14.6. The van der Waals surface area contributed by atoms with Crippen LogP contribution in [0, 0.1) is 11.3 Å². The van der Waals surface area contributed by atoms with Gasteiger partial charge in [0.2, 0.25) is 21.8 Å². The van der Waals surface area contributed by atoms with Crippen molar-refractivity contribution in [3.8, 4) is 11.1 Å². The van der Waals surface area contributed by atoms with Crippen LogP contribution in [0.5, 0.6) is 0 Å². The van der Waals surface area contributed by atoms with Crippen LogP contribution in [0.1, 0.15) is 70.9 Å². The Kier molecular flexibility index (Phi) is 10.4. The van der Waals surface area contributed by atoms with Crippen molar-refractivity contribution in [3.63, 3.8) is 0 Å². The molecule has 0 radical (unpaired) electrons. The summed E-state index contributed by atoms with van der Waals surface area (Å²) in [4.78, 5) is 73.2. The Morgan fingerprint density at radius 2 is 1.77 bits per heavy atom. The van der Waals surface area contributed by atoms with E-state index in [1.165, 1.54) is 20.6 Å². The van der Waals surface area contributed by atoms with Crippen molar-refractivity contribution in [2.45, 2.75) is 94.6 Å². The van der Waals surface area contributed by atoms with Crippen molar-refractivity contribution in [3.05, 3.63) is 77.3 Å². The molecule has 2 unspecified atom stereocenters. The van der Waals surface area contributed by atoms with Crippen LogP contribution in [0.4, 0.5) is 4.79 Å². The summed E-state index contributed by atoms with van der Waals surface area (Å²) in [7, 11) is -2.27. The van der Waals surface area contributed by atoms with Gasteiger partial charge in [-0.1, -0.05) is 69.3 Å². The van der Waals surface area contributed by atoms with Crippen LogP contribution in [0.2, 0.25) is 0 Å². The monoisotopic (exact) mass is 747 g/mol. The molecule has 5 atom stereocenters. The van der Waals surface area contributed by atoms with E-state index in [0.717, 1.165) is 5.56 Å². The molecule has 1 aromatic carbocycles. The van der Waals surface area contributed by atoms with Crippen molar-refractivity contribution in [1.29, 1.82) is 0 Å². The van der Waals surface area contributed by atoms with Crippen molar-refractivity contribution in [2.75, 3.05) is 20.1 Å². The number of amides is 5. The molecule has 1 saturated heterocycles. The van der Waals surface area contributed by atoms with Gasteiger partial charge in [0.25, 0.3) is 11.5 Å². The second kappa shape index (κ2) is 14.6. The van der Waals surface area contributed by atoms with Crippen LogP contribution in [0.15, 0.2) is 66.1 Å². The van der Waals surface area contributed by atoms with Gasteiger partial charge < -0.3 is 20.4 Å². The van der Waals surface area contributed by atoms with Crippen molar-refractivity contribution in [2.24, 2.45) is 11.3 Å². The van der Waals surface area contributed by atoms with Crippen LogP contribution in [0.3, 0.4) is 0 Å². The van der Waals surface area contributed by atoms with Gasteiger partial charge in [-0.2, -0.15) is 5.10 Å². The first-order valence-corrected chi connectivity index (χ1v) is 19.8. The summed E-state index contributed by atoms with van der Waals surface area (Å²) in [6.07, 6.45) is 9.64. The molecule has 5 amide bonds. The molecule has 3 heterocycles. The van der Waals surface area contributed by atoms with Crippen molar-refractivity contribution in [1.82, 2.24) is 34.9 Å². The lowest BCUT2D eigenvalue weighted by Gasteiger charge is -2.36. The summed E-state index contributed by atoms with van der Waals surface area (Å²) in [6, 6.07) is 6.05. The van der Waals surface area contributed by atoms with Gasteiger partial charge in [0.15, 0.2) is 0 Å². The molecule has 6 rings (SSSR count). The number of nitrogens with one attached hydrogen (secondary N) is 3. The second-order valence-electron chi connectivity index (χ2n) is 15.7. The van der Waals surface area contributed by atoms with Gasteiger partial charge in [-0.05, 0) is 49.5 Å². The summed E-state index contributed by atoms with van der Waals surface area (Å²) in [5.41, 5.74) is -0.627. The fourth-order valence-corrected chi connectivity index (χ4v) is 8.62. The Hall–Kier alpha value is -4.79. The zero-order chi connectivity index (χ0) is 38.3. The molecule has 2 aromatic rings. The van der Waals surface area contributed by atoms with E-state index in [1.54, 1.807) is 13.2 Å². The number of rotatable bonds is 7.